The fourth-order valence-electron chi connectivity index (χ4n) is 5.78. The van der Waals surface area contributed by atoms with E-state index in [0.717, 1.165) is 0 Å². The summed E-state index contributed by atoms with van der Waals surface area (Å²) in [5.41, 5.74) is 0. The number of hydrogen-bond donors (Lipinski definition) is 8. The Morgan fingerprint density at radius 1 is 0.755 bits per heavy atom. The van der Waals surface area contributed by atoms with Crippen LogP contribution in [0.15, 0.2) is 0 Å². The van der Waals surface area contributed by atoms with Gasteiger partial charge in [0.15, 0.2) is 18.9 Å². The summed E-state index contributed by atoms with van der Waals surface area (Å²) in [6.45, 7) is -0.0544. The molecule has 0 aromatic rings. The van der Waals surface area contributed by atoms with Crippen molar-refractivity contribution in [3.05, 3.63) is 0 Å². The number of aliphatic hydroxyl groups excluding tert-OH is 5. The molecule has 300 valence electrons. The van der Waals surface area contributed by atoms with Gasteiger partial charge in [0.25, 0.3) is 11.8 Å². The standard InChI is InChI=1S/C31H49N5O17/c1-16-23(43)25(45)28-31(50-16)49-12-10-34-19(39)15-35(14-18(38)33-9-11-48-29-26(46)24(44)27(47)30(51-28)52-29)13-17(37)32-8-4-2-3-5-22(42)53-36-20(40)6-7-21(36)41/h16,23-31,43-47H,2-15H2,1H3,(H,32,37)(H,33,38)(H,34,39)/t16-,23+,24-,25+,26-,27-,28-,29+,30+,31+/m0/s1. The van der Waals surface area contributed by atoms with Crippen molar-refractivity contribution in [1.82, 2.24) is 25.9 Å². The Balaban J connectivity index is 1.29. The van der Waals surface area contributed by atoms with Crippen LogP contribution in [-0.4, -0.2) is 185 Å². The zero-order valence-electron chi connectivity index (χ0n) is 29.2. The first-order chi connectivity index (χ1) is 25.2. The Labute approximate surface area is 303 Å². The minimum Gasteiger partial charge on any atom is -0.388 e. The van der Waals surface area contributed by atoms with Gasteiger partial charge in [-0.05, 0) is 19.8 Å². The van der Waals surface area contributed by atoms with Crippen molar-refractivity contribution in [2.45, 2.75) is 107 Å². The second-order valence-electron chi connectivity index (χ2n) is 12.9. The Hall–Kier alpha value is -3.42. The zero-order chi connectivity index (χ0) is 38.7. The number of unbranched alkanes of at least 4 members (excludes halogenated alkanes) is 2. The summed E-state index contributed by atoms with van der Waals surface area (Å²) in [4.78, 5) is 79.5. The summed E-state index contributed by atoms with van der Waals surface area (Å²) in [5, 5.41) is 60.9. The van der Waals surface area contributed by atoms with E-state index >= 15 is 0 Å². The largest absolute Gasteiger partial charge is 0.388 e. The molecule has 0 aliphatic carbocycles. The lowest BCUT2D eigenvalue weighted by Gasteiger charge is -2.45. The van der Waals surface area contributed by atoms with E-state index < -0.39 is 97.1 Å². The Morgan fingerprint density at radius 2 is 1.36 bits per heavy atom. The van der Waals surface area contributed by atoms with Gasteiger partial charge < -0.3 is 70.0 Å². The molecule has 4 heterocycles. The van der Waals surface area contributed by atoms with Crippen LogP contribution in [0.5, 0.6) is 0 Å². The number of carbonyl (C=O) groups excluding carboxylic acids is 6. The first kappa shape index (κ1) is 42.3. The topological polar surface area (TPSA) is 302 Å². The maximum atomic E-state index is 12.8. The number of nitrogens with zero attached hydrogens (tertiary/aromatic N) is 2. The van der Waals surface area contributed by atoms with Crippen LogP contribution in [0.3, 0.4) is 0 Å². The monoisotopic (exact) mass is 763 g/mol. The molecular weight excluding hydrogens is 714 g/mol. The van der Waals surface area contributed by atoms with E-state index in [0.29, 0.717) is 24.3 Å². The van der Waals surface area contributed by atoms with E-state index in [2.05, 4.69) is 16.0 Å². The summed E-state index contributed by atoms with van der Waals surface area (Å²) in [5.74, 6) is -3.49. The number of nitrogens with one attached hydrogen (secondary N) is 3. The number of ether oxygens (including phenoxy) is 5. The second-order valence-corrected chi connectivity index (χ2v) is 12.9. The lowest BCUT2D eigenvalue weighted by molar-refractivity contribution is -0.387. The first-order valence-corrected chi connectivity index (χ1v) is 17.4. The van der Waals surface area contributed by atoms with Crippen LogP contribution in [0.2, 0.25) is 0 Å². The number of hydroxylamine groups is 2. The van der Waals surface area contributed by atoms with Crippen LogP contribution < -0.4 is 16.0 Å². The van der Waals surface area contributed by atoms with Crippen molar-refractivity contribution < 1.29 is 82.8 Å². The predicted molar refractivity (Wildman–Crippen MR) is 171 cm³/mol. The van der Waals surface area contributed by atoms with Crippen LogP contribution in [-0.2, 0) is 57.3 Å². The van der Waals surface area contributed by atoms with Gasteiger partial charge in [-0.2, -0.15) is 0 Å². The Morgan fingerprint density at radius 3 is 2.00 bits per heavy atom. The van der Waals surface area contributed by atoms with Gasteiger partial charge in [0.05, 0.1) is 39.0 Å². The van der Waals surface area contributed by atoms with E-state index in [1.807, 2.05) is 0 Å². The maximum absolute atomic E-state index is 12.8. The summed E-state index contributed by atoms with van der Waals surface area (Å²) in [6, 6.07) is 0. The highest BCUT2D eigenvalue weighted by Crippen LogP contribution is 2.30. The second kappa shape index (κ2) is 20.3. The molecule has 22 heteroatoms. The predicted octanol–water partition coefficient (Wildman–Crippen LogP) is -5.53. The van der Waals surface area contributed by atoms with Gasteiger partial charge in [0, 0.05) is 38.9 Å². The molecule has 8 N–H and O–H groups in total. The van der Waals surface area contributed by atoms with E-state index in [1.165, 1.54) is 11.8 Å². The molecular formula is C31H49N5O17. The van der Waals surface area contributed by atoms with Gasteiger partial charge in [-0.25, -0.2) is 4.79 Å². The molecule has 4 aliphatic heterocycles. The molecule has 4 saturated heterocycles. The van der Waals surface area contributed by atoms with Crippen LogP contribution in [0.4, 0.5) is 0 Å². The smallest absolute Gasteiger partial charge is 0.333 e. The highest BCUT2D eigenvalue weighted by atomic mass is 16.8. The van der Waals surface area contributed by atoms with E-state index in [-0.39, 0.29) is 71.7 Å². The maximum Gasteiger partial charge on any atom is 0.333 e. The minimum absolute atomic E-state index is 0.00401. The number of fused-ring (bicyclic) bond motifs is 3. The number of hydrogen-bond acceptors (Lipinski definition) is 18. The molecule has 4 rings (SSSR count). The van der Waals surface area contributed by atoms with Crippen LogP contribution in [0, 0.1) is 0 Å². The van der Waals surface area contributed by atoms with Crippen LogP contribution in [0.1, 0.15) is 45.4 Å². The molecule has 0 radical (unpaired) electrons. The average molecular weight is 764 g/mol. The molecule has 0 saturated carbocycles. The number of amides is 5. The fraction of sp³-hybridized carbons (Fsp3) is 0.806. The van der Waals surface area contributed by atoms with Gasteiger partial charge in [0.1, 0.15) is 36.6 Å². The normalized spacial score (nSPS) is 34.2. The Bertz CT molecular complexity index is 1280. The summed E-state index contributed by atoms with van der Waals surface area (Å²) >= 11 is 0. The minimum atomic E-state index is -1.82. The molecule has 4 fully saturated rings. The molecule has 53 heavy (non-hydrogen) atoms. The number of imide groups is 1. The van der Waals surface area contributed by atoms with Crippen molar-refractivity contribution in [2.24, 2.45) is 0 Å². The lowest BCUT2D eigenvalue weighted by Crippen LogP contribution is -2.64. The van der Waals surface area contributed by atoms with Gasteiger partial charge in [-0.15, -0.1) is 5.06 Å². The van der Waals surface area contributed by atoms with Crippen LogP contribution in [0.25, 0.3) is 0 Å². The summed E-state index contributed by atoms with van der Waals surface area (Å²) < 4.78 is 28.1. The molecule has 4 aliphatic rings. The zero-order valence-corrected chi connectivity index (χ0v) is 29.2. The Kier molecular flexibility index (Phi) is 16.2. The first-order valence-electron chi connectivity index (χ1n) is 17.4. The lowest BCUT2D eigenvalue weighted by atomic mass is 9.99. The summed E-state index contributed by atoms with van der Waals surface area (Å²) in [6.07, 6.45) is -14.1. The molecule has 5 amide bonds. The third kappa shape index (κ3) is 12.3. The van der Waals surface area contributed by atoms with Crippen molar-refractivity contribution >= 4 is 35.5 Å². The van der Waals surface area contributed by atoms with Crippen molar-refractivity contribution in [3.8, 4) is 0 Å². The van der Waals surface area contributed by atoms with Gasteiger partial charge >= 0.3 is 5.97 Å². The third-order valence-electron chi connectivity index (χ3n) is 8.69. The molecule has 0 spiro atoms. The fourth-order valence-corrected chi connectivity index (χ4v) is 5.78. The molecule has 0 unspecified atom stereocenters. The van der Waals surface area contributed by atoms with E-state index in [4.69, 9.17) is 28.5 Å². The molecule has 22 nitrogen and oxygen atoms in total. The van der Waals surface area contributed by atoms with Crippen molar-refractivity contribution in [2.75, 3.05) is 52.5 Å². The molecule has 2 bridgehead atoms. The molecule has 10 atom stereocenters. The van der Waals surface area contributed by atoms with Crippen molar-refractivity contribution in [3.63, 3.8) is 0 Å². The van der Waals surface area contributed by atoms with E-state index in [9.17, 15) is 54.3 Å². The highest BCUT2D eigenvalue weighted by molar-refractivity contribution is 6.01. The number of rotatable bonds is 9. The summed E-state index contributed by atoms with van der Waals surface area (Å²) in [7, 11) is 0. The number of carbonyl (C=O) groups is 6. The van der Waals surface area contributed by atoms with Crippen LogP contribution >= 0.6 is 0 Å². The average Bonchev–Trinajstić information content (AvgIpc) is 3.42. The molecule has 0 aromatic heterocycles. The van der Waals surface area contributed by atoms with Gasteiger partial charge in [-0.1, -0.05) is 6.42 Å². The van der Waals surface area contributed by atoms with Gasteiger partial charge in [0.2, 0.25) is 17.7 Å². The van der Waals surface area contributed by atoms with Gasteiger partial charge in [-0.3, -0.25) is 28.9 Å². The number of aliphatic hydroxyl groups is 5. The van der Waals surface area contributed by atoms with E-state index in [1.54, 1.807) is 0 Å². The molecule has 0 aromatic carbocycles. The quantitative estimate of drug-likeness (QED) is 0.0802. The highest BCUT2D eigenvalue weighted by Gasteiger charge is 2.50. The van der Waals surface area contributed by atoms with Crippen molar-refractivity contribution in [1.29, 1.82) is 0 Å². The SMILES string of the molecule is C[C@@H]1O[C@H]2OCCNC(=O)CN(CC(=O)NCCCCCC(=O)ON3C(=O)CCC3=O)CC(=O)NCCO[C@@H]3O[C@@H](O[C@H]2[C@H](O)[C@@H]1O)[C@@H](O)[C@@H](O)[C@@H]3O. The third-order valence-corrected chi connectivity index (χ3v) is 8.69.